The Morgan fingerprint density at radius 1 is 1.21 bits per heavy atom. The summed E-state index contributed by atoms with van der Waals surface area (Å²) in [5, 5.41) is 3.50. The van der Waals surface area contributed by atoms with Gasteiger partial charge in [-0.1, -0.05) is 17.7 Å². The minimum absolute atomic E-state index is 0.109. The molecule has 0 aliphatic rings. The molecule has 2 rings (SSSR count). The van der Waals surface area contributed by atoms with E-state index in [0.29, 0.717) is 0 Å². The monoisotopic (exact) mass is 257 g/mol. The summed E-state index contributed by atoms with van der Waals surface area (Å²) in [4.78, 5) is 4.29. The predicted octanol–water partition coefficient (Wildman–Crippen LogP) is 3.38. The second-order valence-corrected chi connectivity index (χ2v) is 6.15. The van der Waals surface area contributed by atoms with Crippen molar-refractivity contribution < 1.29 is 0 Å². The minimum atomic E-state index is 0.109. The summed E-state index contributed by atoms with van der Waals surface area (Å²) in [7, 11) is 0. The van der Waals surface area contributed by atoms with Crippen molar-refractivity contribution in [2.75, 3.05) is 0 Å². The maximum absolute atomic E-state index is 4.29. The lowest BCUT2D eigenvalue weighted by Gasteiger charge is -2.21. The van der Waals surface area contributed by atoms with Crippen LogP contribution in [0.3, 0.4) is 0 Å². The van der Waals surface area contributed by atoms with Crippen LogP contribution in [0.1, 0.15) is 37.6 Å². The van der Waals surface area contributed by atoms with Gasteiger partial charge in [-0.3, -0.25) is 0 Å². The first-order chi connectivity index (χ1) is 8.87. The fourth-order valence-corrected chi connectivity index (χ4v) is 2.10. The molecule has 2 aromatic rings. The van der Waals surface area contributed by atoms with Gasteiger partial charge in [0.2, 0.25) is 0 Å². The van der Waals surface area contributed by atoms with Gasteiger partial charge in [0.15, 0.2) is 0 Å². The van der Waals surface area contributed by atoms with Gasteiger partial charge in [-0.2, -0.15) is 0 Å². The molecule has 0 amide bonds. The SMILES string of the molecule is Cc1ccc(-n2cncc2CNC(C)(C)C)c(C)c1. The van der Waals surface area contributed by atoms with Crippen LogP contribution >= 0.6 is 0 Å². The van der Waals surface area contributed by atoms with Crippen molar-refractivity contribution in [3.05, 3.63) is 47.5 Å². The molecule has 0 fully saturated rings. The maximum Gasteiger partial charge on any atom is 0.0994 e. The van der Waals surface area contributed by atoms with Gasteiger partial charge in [0.25, 0.3) is 0 Å². The zero-order valence-electron chi connectivity index (χ0n) is 12.5. The molecule has 0 atom stereocenters. The number of aromatic nitrogens is 2. The lowest BCUT2D eigenvalue weighted by molar-refractivity contribution is 0.419. The molecule has 0 unspecified atom stereocenters. The predicted molar refractivity (Wildman–Crippen MR) is 79.6 cm³/mol. The second-order valence-electron chi connectivity index (χ2n) is 6.15. The van der Waals surface area contributed by atoms with E-state index in [-0.39, 0.29) is 5.54 Å². The molecule has 1 heterocycles. The van der Waals surface area contributed by atoms with E-state index in [1.807, 2.05) is 12.5 Å². The van der Waals surface area contributed by atoms with E-state index < -0.39 is 0 Å². The van der Waals surface area contributed by atoms with E-state index in [2.05, 4.69) is 67.7 Å². The first kappa shape index (κ1) is 13.8. The Morgan fingerprint density at radius 2 is 1.95 bits per heavy atom. The number of rotatable bonds is 3. The number of hydrogen-bond donors (Lipinski definition) is 1. The van der Waals surface area contributed by atoms with Crippen molar-refractivity contribution >= 4 is 0 Å². The average Bonchev–Trinajstić information content (AvgIpc) is 2.73. The topological polar surface area (TPSA) is 29.9 Å². The smallest absolute Gasteiger partial charge is 0.0994 e. The van der Waals surface area contributed by atoms with Crippen molar-refractivity contribution in [2.24, 2.45) is 0 Å². The molecule has 0 saturated heterocycles. The minimum Gasteiger partial charge on any atom is -0.306 e. The van der Waals surface area contributed by atoms with Crippen molar-refractivity contribution in [3.8, 4) is 5.69 Å². The molecule has 1 aromatic heterocycles. The summed E-state index contributed by atoms with van der Waals surface area (Å²) in [5.74, 6) is 0. The molecule has 3 nitrogen and oxygen atoms in total. The molecule has 0 aliphatic carbocycles. The molecule has 1 aromatic carbocycles. The zero-order chi connectivity index (χ0) is 14.0. The Morgan fingerprint density at radius 3 is 2.58 bits per heavy atom. The number of imidazole rings is 1. The number of benzene rings is 1. The molecule has 102 valence electrons. The molecule has 0 saturated carbocycles. The Labute approximate surface area is 115 Å². The van der Waals surface area contributed by atoms with Crippen molar-refractivity contribution in [3.63, 3.8) is 0 Å². The fraction of sp³-hybridized carbons (Fsp3) is 0.438. The summed E-state index contributed by atoms with van der Waals surface area (Å²) < 4.78 is 2.16. The van der Waals surface area contributed by atoms with Gasteiger partial charge >= 0.3 is 0 Å². The normalized spacial score (nSPS) is 11.8. The third kappa shape index (κ3) is 3.44. The van der Waals surface area contributed by atoms with Gasteiger partial charge in [0, 0.05) is 24.0 Å². The van der Waals surface area contributed by atoms with E-state index in [0.717, 1.165) is 6.54 Å². The van der Waals surface area contributed by atoms with Crippen molar-refractivity contribution in [1.29, 1.82) is 0 Å². The van der Waals surface area contributed by atoms with Crippen LogP contribution in [0.15, 0.2) is 30.7 Å². The summed E-state index contributed by atoms with van der Waals surface area (Å²) in [6.07, 6.45) is 3.81. The lowest BCUT2D eigenvalue weighted by atomic mass is 10.1. The molecule has 19 heavy (non-hydrogen) atoms. The van der Waals surface area contributed by atoms with Gasteiger partial charge in [-0.25, -0.2) is 4.98 Å². The first-order valence-electron chi connectivity index (χ1n) is 6.71. The summed E-state index contributed by atoms with van der Waals surface area (Å²) in [5.41, 5.74) is 5.05. The van der Waals surface area contributed by atoms with Crippen LogP contribution in [-0.4, -0.2) is 15.1 Å². The number of hydrogen-bond acceptors (Lipinski definition) is 2. The highest BCUT2D eigenvalue weighted by Crippen LogP contribution is 2.18. The van der Waals surface area contributed by atoms with Crippen LogP contribution in [0.2, 0.25) is 0 Å². The summed E-state index contributed by atoms with van der Waals surface area (Å²) in [6.45, 7) is 11.6. The number of nitrogens with one attached hydrogen (secondary N) is 1. The number of aryl methyl sites for hydroxylation is 2. The number of nitrogens with zero attached hydrogens (tertiary/aromatic N) is 2. The maximum atomic E-state index is 4.29. The standard InChI is InChI=1S/C16H23N3/c1-12-6-7-15(13(2)8-12)19-11-17-9-14(19)10-18-16(3,4)5/h6-9,11,18H,10H2,1-5H3. The van der Waals surface area contributed by atoms with E-state index >= 15 is 0 Å². The van der Waals surface area contributed by atoms with Gasteiger partial charge < -0.3 is 9.88 Å². The Hall–Kier alpha value is -1.61. The average molecular weight is 257 g/mol. The van der Waals surface area contributed by atoms with E-state index in [1.54, 1.807) is 0 Å². The van der Waals surface area contributed by atoms with E-state index in [9.17, 15) is 0 Å². The fourth-order valence-electron chi connectivity index (χ4n) is 2.10. The molecule has 0 radical (unpaired) electrons. The van der Waals surface area contributed by atoms with Crippen molar-refractivity contribution in [1.82, 2.24) is 14.9 Å². The molecule has 0 spiro atoms. The Bertz CT molecular complexity index is 562. The third-order valence-corrected chi connectivity index (χ3v) is 3.13. The highest BCUT2D eigenvalue weighted by molar-refractivity contribution is 5.43. The molecule has 0 bridgehead atoms. The van der Waals surface area contributed by atoms with Gasteiger partial charge in [0.1, 0.15) is 0 Å². The second kappa shape index (κ2) is 5.17. The third-order valence-electron chi connectivity index (χ3n) is 3.13. The lowest BCUT2D eigenvalue weighted by Crippen LogP contribution is -2.35. The van der Waals surface area contributed by atoms with Crippen LogP contribution in [0, 0.1) is 13.8 Å². The van der Waals surface area contributed by atoms with Gasteiger partial charge in [-0.05, 0) is 46.2 Å². The molecule has 0 aliphatic heterocycles. The summed E-state index contributed by atoms with van der Waals surface area (Å²) >= 11 is 0. The van der Waals surface area contributed by atoms with Gasteiger partial charge in [0.05, 0.1) is 12.0 Å². The van der Waals surface area contributed by atoms with Crippen LogP contribution < -0.4 is 5.32 Å². The highest BCUT2D eigenvalue weighted by atomic mass is 15.1. The zero-order valence-corrected chi connectivity index (χ0v) is 12.5. The first-order valence-corrected chi connectivity index (χ1v) is 6.71. The van der Waals surface area contributed by atoms with E-state index in [1.165, 1.54) is 22.5 Å². The highest BCUT2D eigenvalue weighted by Gasteiger charge is 2.12. The van der Waals surface area contributed by atoms with Crippen LogP contribution in [0.4, 0.5) is 0 Å². The molecular weight excluding hydrogens is 234 g/mol. The Kier molecular flexibility index (Phi) is 3.76. The van der Waals surface area contributed by atoms with Crippen LogP contribution in [0.5, 0.6) is 0 Å². The van der Waals surface area contributed by atoms with Crippen LogP contribution in [-0.2, 0) is 6.54 Å². The molecule has 3 heteroatoms. The van der Waals surface area contributed by atoms with Crippen molar-refractivity contribution in [2.45, 2.75) is 46.7 Å². The van der Waals surface area contributed by atoms with Gasteiger partial charge in [-0.15, -0.1) is 0 Å². The quantitative estimate of drug-likeness (QED) is 0.913. The molecule has 1 N–H and O–H groups in total. The summed E-state index contributed by atoms with van der Waals surface area (Å²) in [6, 6.07) is 6.51. The van der Waals surface area contributed by atoms with E-state index in [4.69, 9.17) is 0 Å². The Balaban J connectivity index is 2.28. The largest absolute Gasteiger partial charge is 0.306 e. The molecular formula is C16H23N3. The van der Waals surface area contributed by atoms with Crippen LogP contribution in [0.25, 0.3) is 5.69 Å².